The zero-order valence-corrected chi connectivity index (χ0v) is 13.0. The highest BCUT2D eigenvalue weighted by molar-refractivity contribution is 5.94. The lowest BCUT2D eigenvalue weighted by Crippen LogP contribution is -2.15. The van der Waals surface area contributed by atoms with E-state index in [0.29, 0.717) is 22.6 Å². The molecule has 0 aliphatic carbocycles. The normalized spacial score (nSPS) is 10.4. The van der Waals surface area contributed by atoms with Crippen LogP contribution in [0, 0.1) is 0 Å². The quantitative estimate of drug-likeness (QED) is 0.826. The number of pyridine rings is 1. The molecule has 1 aromatic carbocycles. The van der Waals surface area contributed by atoms with Crippen molar-refractivity contribution in [2.75, 3.05) is 0 Å². The Morgan fingerprint density at radius 1 is 1.17 bits per heavy atom. The van der Waals surface area contributed by atoms with E-state index in [-0.39, 0.29) is 12.7 Å². The van der Waals surface area contributed by atoms with E-state index in [2.05, 4.69) is 4.98 Å². The largest absolute Gasteiger partial charge is 0.475 e. The van der Waals surface area contributed by atoms with E-state index < -0.39 is 11.9 Å². The Morgan fingerprint density at radius 3 is 2.52 bits per heavy atom. The first-order valence-electron chi connectivity index (χ1n) is 7.15. The lowest BCUT2D eigenvalue weighted by atomic mass is 10.1. The Morgan fingerprint density at radius 2 is 1.91 bits per heavy atom. The number of benzene rings is 1. The predicted octanol–water partition coefficient (Wildman–Crippen LogP) is 2.32. The summed E-state index contributed by atoms with van der Waals surface area (Å²) < 4.78 is 10.6. The second-order valence-electron chi connectivity index (χ2n) is 5.15. The van der Waals surface area contributed by atoms with Gasteiger partial charge in [0.2, 0.25) is 11.8 Å². The van der Waals surface area contributed by atoms with Crippen LogP contribution in [-0.4, -0.2) is 23.0 Å². The van der Waals surface area contributed by atoms with Crippen LogP contribution in [0.1, 0.15) is 40.1 Å². The minimum absolute atomic E-state index is 0.00519. The van der Waals surface area contributed by atoms with Gasteiger partial charge in [-0.1, -0.05) is 18.2 Å². The molecule has 0 saturated carbocycles. The third-order valence-electron chi connectivity index (χ3n) is 2.97. The van der Waals surface area contributed by atoms with Crippen molar-refractivity contribution in [3.8, 4) is 5.88 Å². The molecule has 0 aliphatic heterocycles. The third-order valence-corrected chi connectivity index (χ3v) is 2.97. The van der Waals surface area contributed by atoms with Crippen molar-refractivity contribution in [3.05, 3.63) is 59.3 Å². The van der Waals surface area contributed by atoms with Crippen LogP contribution in [0.15, 0.2) is 42.6 Å². The topological polar surface area (TPSA) is 91.5 Å². The number of hydrogen-bond donors (Lipinski definition) is 1. The minimum Gasteiger partial charge on any atom is -0.475 e. The van der Waals surface area contributed by atoms with Gasteiger partial charge < -0.3 is 15.2 Å². The van der Waals surface area contributed by atoms with Crippen LogP contribution in [0.4, 0.5) is 0 Å². The molecule has 2 aromatic rings. The zero-order valence-electron chi connectivity index (χ0n) is 13.0. The molecular formula is C17H18N2O4. The van der Waals surface area contributed by atoms with Gasteiger partial charge >= 0.3 is 5.97 Å². The summed E-state index contributed by atoms with van der Waals surface area (Å²) in [5.41, 5.74) is 6.48. The molecule has 6 nitrogen and oxygen atoms in total. The molecule has 0 fully saturated rings. The molecule has 2 rings (SSSR count). The zero-order chi connectivity index (χ0) is 16.8. The number of hydrogen-bond acceptors (Lipinski definition) is 5. The number of ether oxygens (including phenoxy) is 2. The maximum absolute atomic E-state index is 12.0. The van der Waals surface area contributed by atoms with Crippen molar-refractivity contribution in [1.29, 1.82) is 0 Å². The number of nitrogens with two attached hydrogens (primary N) is 1. The second-order valence-corrected chi connectivity index (χ2v) is 5.15. The smallest absolute Gasteiger partial charge is 0.340 e. The van der Waals surface area contributed by atoms with Gasteiger partial charge in [-0.2, -0.15) is 0 Å². The van der Waals surface area contributed by atoms with E-state index in [0.717, 1.165) is 0 Å². The first kappa shape index (κ1) is 16.5. The van der Waals surface area contributed by atoms with Gasteiger partial charge in [-0.25, -0.2) is 9.78 Å². The summed E-state index contributed by atoms with van der Waals surface area (Å²) in [6.45, 7) is 3.74. The van der Waals surface area contributed by atoms with Crippen molar-refractivity contribution >= 4 is 11.9 Å². The predicted molar refractivity (Wildman–Crippen MR) is 84.1 cm³/mol. The Labute approximate surface area is 134 Å². The van der Waals surface area contributed by atoms with Gasteiger partial charge in [0.1, 0.15) is 6.61 Å². The molecule has 0 bridgehead atoms. The molecule has 1 aromatic heterocycles. The molecule has 23 heavy (non-hydrogen) atoms. The van der Waals surface area contributed by atoms with Crippen molar-refractivity contribution in [2.24, 2.45) is 5.73 Å². The van der Waals surface area contributed by atoms with E-state index in [4.69, 9.17) is 15.2 Å². The molecule has 0 radical (unpaired) electrons. The fraction of sp³-hybridized carbons (Fsp3) is 0.235. The fourth-order valence-electron chi connectivity index (χ4n) is 1.93. The van der Waals surface area contributed by atoms with Crippen LogP contribution < -0.4 is 10.5 Å². The molecule has 0 atom stereocenters. The van der Waals surface area contributed by atoms with Crippen molar-refractivity contribution in [3.63, 3.8) is 0 Å². The van der Waals surface area contributed by atoms with Gasteiger partial charge in [0.25, 0.3) is 0 Å². The van der Waals surface area contributed by atoms with Gasteiger partial charge in [0, 0.05) is 23.4 Å². The molecule has 1 amide bonds. The van der Waals surface area contributed by atoms with Crippen molar-refractivity contribution in [2.45, 2.75) is 26.6 Å². The number of primary amides is 1. The number of rotatable bonds is 6. The standard InChI is InChI=1S/C17H18N2O4/c1-11(2)23-15-8-7-12(9-19-15)17(21)22-10-13-5-3-4-6-14(13)16(18)20/h3-9,11H,10H2,1-2H3,(H2,18,20). The lowest BCUT2D eigenvalue weighted by Gasteiger charge is -2.10. The fourth-order valence-corrected chi connectivity index (χ4v) is 1.93. The van der Waals surface area contributed by atoms with E-state index in [9.17, 15) is 9.59 Å². The highest BCUT2D eigenvalue weighted by Gasteiger charge is 2.12. The highest BCUT2D eigenvalue weighted by Crippen LogP contribution is 2.13. The summed E-state index contributed by atoms with van der Waals surface area (Å²) in [7, 11) is 0. The van der Waals surface area contributed by atoms with Gasteiger partial charge in [-0.05, 0) is 26.0 Å². The van der Waals surface area contributed by atoms with Crippen molar-refractivity contribution in [1.82, 2.24) is 4.98 Å². The molecular weight excluding hydrogens is 296 g/mol. The van der Waals surface area contributed by atoms with E-state index in [1.807, 2.05) is 13.8 Å². The van der Waals surface area contributed by atoms with Crippen LogP contribution in [0.3, 0.4) is 0 Å². The molecule has 0 unspecified atom stereocenters. The van der Waals surface area contributed by atoms with E-state index in [1.54, 1.807) is 36.4 Å². The number of carbonyl (C=O) groups excluding carboxylic acids is 2. The maximum atomic E-state index is 12.0. The van der Waals surface area contributed by atoms with Crippen LogP contribution in [0.25, 0.3) is 0 Å². The maximum Gasteiger partial charge on any atom is 0.340 e. The molecule has 0 aliphatic rings. The van der Waals surface area contributed by atoms with Gasteiger partial charge in [0.05, 0.1) is 11.7 Å². The number of esters is 1. The molecule has 0 saturated heterocycles. The molecule has 1 heterocycles. The number of amides is 1. The second kappa shape index (κ2) is 7.40. The van der Waals surface area contributed by atoms with E-state index in [1.165, 1.54) is 6.20 Å². The molecule has 120 valence electrons. The monoisotopic (exact) mass is 314 g/mol. The molecule has 0 spiro atoms. The van der Waals surface area contributed by atoms with Crippen molar-refractivity contribution < 1.29 is 19.1 Å². The summed E-state index contributed by atoms with van der Waals surface area (Å²) in [6.07, 6.45) is 1.39. The van der Waals surface area contributed by atoms with Gasteiger partial charge in [0.15, 0.2) is 0 Å². The molecule has 2 N–H and O–H groups in total. The number of carbonyl (C=O) groups is 2. The first-order valence-corrected chi connectivity index (χ1v) is 7.15. The van der Waals surface area contributed by atoms with Gasteiger partial charge in [-0.3, -0.25) is 4.79 Å². The van der Waals surface area contributed by atoms with Crippen LogP contribution in [0.2, 0.25) is 0 Å². The Kier molecular flexibility index (Phi) is 5.30. The number of aromatic nitrogens is 1. The SMILES string of the molecule is CC(C)Oc1ccc(C(=O)OCc2ccccc2C(N)=O)cn1. The summed E-state index contributed by atoms with van der Waals surface area (Å²) in [4.78, 5) is 27.4. The Balaban J connectivity index is 2.01. The highest BCUT2D eigenvalue weighted by atomic mass is 16.5. The first-order chi connectivity index (χ1) is 11.0. The van der Waals surface area contributed by atoms with Crippen LogP contribution in [-0.2, 0) is 11.3 Å². The summed E-state index contributed by atoms with van der Waals surface area (Å²) >= 11 is 0. The van der Waals surface area contributed by atoms with Gasteiger partial charge in [-0.15, -0.1) is 0 Å². The van der Waals surface area contributed by atoms with E-state index >= 15 is 0 Å². The summed E-state index contributed by atoms with van der Waals surface area (Å²) in [5, 5.41) is 0. The Hall–Kier alpha value is -2.89. The van der Waals surface area contributed by atoms with Crippen LogP contribution in [0.5, 0.6) is 5.88 Å². The summed E-state index contributed by atoms with van der Waals surface area (Å²) in [6, 6.07) is 9.90. The average Bonchev–Trinajstić information content (AvgIpc) is 2.53. The average molecular weight is 314 g/mol. The minimum atomic E-state index is -0.562. The summed E-state index contributed by atoms with van der Waals surface area (Å²) in [5.74, 6) is -0.656. The van der Waals surface area contributed by atoms with Crippen LogP contribution >= 0.6 is 0 Å². The number of nitrogens with zero attached hydrogens (tertiary/aromatic N) is 1. The third kappa shape index (κ3) is 4.54. The molecule has 6 heteroatoms. The lowest BCUT2D eigenvalue weighted by molar-refractivity contribution is 0.0470. The Bertz CT molecular complexity index is 696.